The van der Waals surface area contributed by atoms with E-state index in [1.807, 2.05) is 0 Å². The highest BCUT2D eigenvalue weighted by atomic mass is 32.2. The molecule has 0 aliphatic carbocycles. The fraction of sp³-hybridized carbons (Fsp3) is 0.333. The van der Waals surface area contributed by atoms with Gasteiger partial charge in [-0.1, -0.05) is 24.4 Å². The normalized spacial score (nSPS) is 11.4. The van der Waals surface area contributed by atoms with E-state index in [2.05, 4.69) is 0 Å². The van der Waals surface area contributed by atoms with Gasteiger partial charge in [-0.05, 0) is 12.1 Å². The fourth-order valence-electron chi connectivity index (χ4n) is 1.41. The lowest BCUT2D eigenvalue weighted by Crippen LogP contribution is -2.37. The van der Waals surface area contributed by atoms with Crippen molar-refractivity contribution in [2.75, 3.05) is 27.7 Å². The van der Waals surface area contributed by atoms with Crippen molar-refractivity contribution in [2.45, 2.75) is 4.90 Å². The number of thiocarbonyl (C=S) groups is 1. The smallest absolute Gasteiger partial charge is 0.243 e. The summed E-state index contributed by atoms with van der Waals surface area (Å²) in [5.74, 6) is -0.304. The molecular weight excluding hydrogens is 298 g/mol. The number of hydrogen-bond donors (Lipinski definition) is 1. The first kappa shape index (κ1) is 16.5. The number of hydrogen-bond acceptors (Lipinski definition) is 4. The third-order valence-electron chi connectivity index (χ3n) is 2.68. The summed E-state index contributed by atoms with van der Waals surface area (Å²) < 4.78 is 25.7. The van der Waals surface area contributed by atoms with E-state index in [4.69, 9.17) is 18.0 Å². The highest BCUT2D eigenvalue weighted by Crippen LogP contribution is 2.16. The highest BCUT2D eigenvalue weighted by Gasteiger charge is 2.23. The number of nitrogens with two attached hydrogens (primary N) is 1. The van der Waals surface area contributed by atoms with Gasteiger partial charge in [-0.3, -0.25) is 4.79 Å². The third-order valence-corrected chi connectivity index (χ3v) is 4.72. The molecule has 0 unspecified atom stereocenters. The van der Waals surface area contributed by atoms with Crippen molar-refractivity contribution in [2.24, 2.45) is 5.73 Å². The van der Waals surface area contributed by atoms with E-state index >= 15 is 0 Å². The van der Waals surface area contributed by atoms with E-state index in [9.17, 15) is 13.2 Å². The van der Waals surface area contributed by atoms with Gasteiger partial charge >= 0.3 is 0 Å². The van der Waals surface area contributed by atoms with Crippen LogP contribution in [0.1, 0.15) is 5.56 Å². The Balaban J connectivity index is 3.07. The van der Waals surface area contributed by atoms with Gasteiger partial charge < -0.3 is 10.6 Å². The summed E-state index contributed by atoms with van der Waals surface area (Å²) >= 11 is 4.82. The van der Waals surface area contributed by atoms with E-state index in [1.54, 1.807) is 26.2 Å². The number of likely N-dealkylation sites (N-methyl/N-ethyl adjacent to an activating group) is 2. The first-order valence-corrected chi connectivity index (χ1v) is 7.57. The Kier molecular flexibility index (Phi) is 5.21. The molecule has 0 aliphatic rings. The number of rotatable bonds is 5. The van der Waals surface area contributed by atoms with Crippen molar-refractivity contribution in [3.05, 3.63) is 29.8 Å². The van der Waals surface area contributed by atoms with Crippen LogP contribution in [-0.4, -0.2) is 56.2 Å². The van der Waals surface area contributed by atoms with E-state index in [1.165, 1.54) is 24.1 Å². The van der Waals surface area contributed by atoms with Crippen LogP contribution in [0, 0.1) is 0 Å². The quantitative estimate of drug-likeness (QED) is 0.775. The molecule has 0 radical (unpaired) electrons. The molecule has 0 saturated carbocycles. The zero-order valence-electron chi connectivity index (χ0n) is 11.5. The molecule has 0 aromatic heterocycles. The van der Waals surface area contributed by atoms with Gasteiger partial charge in [-0.25, -0.2) is 8.42 Å². The van der Waals surface area contributed by atoms with Crippen molar-refractivity contribution in [3.63, 3.8) is 0 Å². The Labute approximate surface area is 124 Å². The molecular formula is C12H17N3O3S2. The zero-order valence-corrected chi connectivity index (χ0v) is 13.2. The van der Waals surface area contributed by atoms with Gasteiger partial charge in [0.05, 0.1) is 11.4 Å². The number of benzene rings is 1. The second-order valence-electron chi connectivity index (χ2n) is 4.44. The van der Waals surface area contributed by atoms with Crippen molar-refractivity contribution in [1.29, 1.82) is 0 Å². The second-order valence-corrected chi connectivity index (χ2v) is 6.93. The lowest BCUT2D eigenvalue weighted by molar-refractivity contribution is -0.128. The van der Waals surface area contributed by atoms with Crippen LogP contribution in [0.4, 0.5) is 0 Å². The molecule has 1 aromatic carbocycles. The Morgan fingerprint density at radius 1 is 1.30 bits per heavy atom. The number of carbonyl (C=O) groups excluding carboxylic acids is 1. The maximum atomic E-state index is 12.3. The molecule has 2 N–H and O–H groups in total. The second kappa shape index (κ2) is 6.29. The molecule has 0 aliphatic heterocycles. The molecule has 20 heavy (non-hydrogen) atoms. The molecule has 0 fully saturated rings. The summed E-state index contributed by atoms with van der Waals surface area (Å²) in [6.07, 6.45) is 0. The van der Waals surface area contributed by atoms with Gasteiger partial charge in [-0.2, -0.15) is 4.31 Å². The third kappa shape index (κ3) is 3.75. The minimum atomic E-state index is -3.75. The van der Waals surface area contributed by atoms with E-state index in [-0.39, 0.29) is 22.3 Å². The van der Waals surface area contributed by atoms with Gasteiger partial charge in [0.1, 0.15) is 4.99 Å². The predicted octanol–water partition coefficient (Wildman–Crippen LogP) is 0.0295. The van der Waals surface area contributed by atoms with Gasteiger partial charge in [0, 0.05) is 26.7 Å². The maximum Gasteiger partial charge on any atom is 0.243 e. The minimum absolute atomic E-state index is 0.0526. The molecule has 0 atom stereocenters. The van der Waals surface area contributed by atoms with E-state index < -0.39 is 10.0 Å². The average molecular weight is 315 g/mol. The van der Waals surface area contributed by atoms with Crippen LogP contribution in [0.15, 0.2) is 29.2 Å². The summed E-state index contributed by atoms with van der Waals surface area (Å²) in [7, 11) is 0.730. The fourth-order valence-corrected chi connectivity index (χ4v) is 2.70. The first-order chi connectivity index (χ1) is 9.16. The van der Waals surface area contributed by atoms with Gasteiger partial charge in [0.15, 0.2) is 0 Å². The number of nitrogens with zero attached hydrogens (tertiary/aromatic N) is 2. The Hall–Kier alpha value is -1.51. The summed E-state index contributed by atoms with van der Waals surface area (Å²) in [6.45, 7) is -0.230. The van der Waals surface area contributed by atoms with Crippen LogP contribution in [0.3, 0.4) is 0 Å². The van der Waals surface area contributed by atoms with Crippen molar-refractivity contribution >= 4 is 33.1 Å². The summed E-state index contributed by atoms with van der Waals surface area (Å²) in [5.41, 5.74) is 5.95. The monoisotopic (exact) mass is 315 g/mol. The van der Waals surface area contributed by atoms with Crippen LogP contribution in [0.2, 0.25) is 0 Å². The van der Waals surface area contributed by atoms with Crippen LogP contribution in [0.25, 0.3) is 0 Å². The Morgan fingerprint density at radius 3 is 2.40 bits per heavy atom. The maximum absolute atomic E-state index is 12.3. The summed E-state index contributed by atoms with van der Waals surface area (Å²) in [5, 5.41) is 0. The largest absolute Gasteiger partial charge is 0.389 e. The molecule has 0 heterocycles. The SMILES string of the molecule is CN(C)C(=O)CN(C)S(=O)(=O)c1cccc(C(N)=S)c1. The molecule has 8 heteroatoms. The molecule has 0 bridgehead atoms. The molecule has 110 valence electrons. The van der Waals surface area contributed by atoms with Gasteiger partial charge in [0.2, 0.25) is 15.9 Å². The Morgan fingerprint density at radius 2 is 1.90 bits per heavy atom. The Bertz CT molecular complexity index is 627. The standard InChI is InChI=1S/C12H17N3O3S2/c1-14(2)11(16)8-15(3)20(17,18)10-6-4-5-9(7-10)12(13)19/h4-7H,8H2,1-3H3,(H2,13,19). The average Bonchev–Trinajstić information content (AvgIpc) is 2.38. The molecule has 0 saturated heterocycles. The van der Waals surface area contributed by atoms with Crippen molar-refractivity contribution in [3.8, 4) is 0 Å². The van der Waals surface area contributed by atoms with Crippen LogP contribution >= 0.6 is 12.2 Å². The van der Waals surface area contributed by atoms with E-state index in [0.717, 1.165) is 4.31 Å². The molecule has 6 nitrogen and oxygen atoms in total. The van der Waals surface area contributed by atoms with Gasteiger partial charge in [-0.15, -0.1) is 0 Å². The molecule has 0 spiro atoms. The molecule has 1 amide bonds. The first-order valence-electron chi connectivity index (χ1n) is 5.72. The topological polar surface area (TPSA) is 83.7 Å². The molecule has 1 aromatic rings. The minimum Gasteiger partial charge on any atom is -0.389 e. The predicted molar refractivity (Wildman–Crippen MR) is 80.8 cm³/mol. The van der Waals surface area contributed by atoms with Gasteiger partial charge in [0.25, 0.3) is 0 Å². The van der Waals surface area contributed by atoms with E-state index in [0.29, 0.717) is 5.56 Å². The number of sulfonamides is 1. The lowest BCUT2D eigenvalue weighted by atomic mass is 10.2. The summed E-state index contributed by atoms with van der Waals surface area (Å²) in [4.78, 5) is 13.1. The van der Waals surface area contributed by atoms with Crippen LogP contribution < -0.4 is 5.73 Å². The summed E-state index contributed by atoms with van der Waals surface area (Å²) in [6, 6.07) is 6.03. The van der Waals surface area contributed by atoms with Crippen LogP contribution in [-0.2, 0) is 14.8 Å². The highest BCUT2D eigenvalue weighted by molar-refractivity contribution is 7.89. The van der Waals surface area contributed by atoms with Crippen molar-refractivity contribution in [1.82, 2.24) is 9.21 Å². The van der Waals surface area contributed by atoms with Crippen molar-refractivity contribution < 1.29 is 13.2 Å². The van der Waals surface area contributed by atoms with Crippen LogP contribution in [0.5, 0.6) is 0 Å². The lowest BCUT2D eigenvalue weighted by Gasteiger charge is -2.19. The molecule has 1 rings (SSSR count). The number of carbonyl (C=O) groups is 1. The number of amides is 1. The zero-order chi connectivity index (χ0) is 15.5.